The first-order valence-electron chi connectivity index (χ1n) is 4.15. The van der Waals surface area contributed by atoms with Crippen molar-refractivity contribution in [2.45, 2.75) is 38.7 Å². The second kappa shape index (κ2) is 3.48. The van der Waals surface area contributed by atoms with E-state index in [1.54, 1.807) is 0 Å². The van der Waals surface area contributed by atoms with Crippen LogP contribution >= 0.6 is 0 Å². The Kier molecular flexibility index (Phi) is 2.82. The fourth-order valence-corrected chi connectivity index (χ4v) is 1.74. The van der Waals surface area contributed by atoms with Gasteiger partial charge in [0, 0.05) is 12.0 Å². The Morgan fingerprint density at radius 3 is 2.45 bits per heavy atom. The van der Waals surface area contributed by atoms with Crippen molar-refractivity contribution in [2.24, 2.45) is 17.6 Å². The second-order valence-electron chi connectivity index (χ2n) is 3.55. The van der Waals surface area contributed by atoms with E-state index in [-0.39, 0.29) is 12.0 Å². The van der Waals surface area contributed by atoms with Gasteiger partial charge in [-0.25, -0.2) is 8.78 Å². The predicted molar refractivity (Wildman–Crippen MR) is 40.5 cm³/mol. The lowest BCUT2D eigenvalue weighted by Gasteiger charge is -2.31. The van der Waals surface area contributed by atoms with Gasteiger partial charge in [-0.15, -0.1) is 0 Å². The smallest absolute Gasteiger partial charge is 0.241 e. The molecule has 1 aliphatic rings. The van der Waals surface area contributed by atoms with Crippen LogP contribution in [0.2, 0.25) is 0 Å². The van der Waals surface area contributed by atoms with Crippen LogP contribution in [0.5, 0.6) is 0 Å². The van der Waals surface area contributed by atoms with Crippen LogP contribution in [0.4, 0.5) is 8.78 Å². The van der Waals surface area contributed by atoms with Crippen LogP contribution in [0, 0.1) is 11.8 Å². The summed E-state index contributed by atoms with van der Waals surface area (Å²) in [7, 11) is 0. The van der Waals surface area contributed by atoms with Gasteiger partial charge in [0.2, 0.25) is 6.43 Å². The molecule has 3 atom stereocenters. The van der Waals surface area contributed by atoms with E-state index in [1.807, 2.05) is 6.92 Å². The van der Waals surface area contributed by atoms with Gasteiger partial charge in [-0.2, -0.15) is 0 Å². The maximum absolute atomic E-state index is 12.3. The fraction of sp³-hybridized carbons (Fsp3) is 1.00. The summed E-state index contributed by atoms with van der Waals surface area (Å²) in [4.78, 5) is 0. The standard InChI is InChI=1S/C8H15F2N/c1-5-2-3-6(11)4-7(5)8(9)10/h5-8H,2-4,11H2,1H3. The molecule has 1 aliphatic carbocycles. The zero-order chi connectivity index (χ0) is 8.43. The van der Waals surface area contributed by atoms with E-state index in [9.17, 15) is 8.78 Å². The molecule has 0 bridgehead atoms. The molecular formula is C8H15F2N. The zero-order valence-electron chi connectivity index (χ0n) is 6.76. The summed E-state index contributed by atoms with van der Waals surface area (Å²) in [5, 5.41) is 0. The third-order valence-corrected chi connectivity index (χ3v) is 2.62. The molecule has 3 unspecified atom stereocenters. The highest BCUT2D eigenvalue weighted by atomic mass is 19.3. The van der Waals surface area contributed by atoms with E-state index in [0.29, 0.717) is 6.42 Å². The minimum absolute atomic E-state index is 0.00481. The molecule has 11 heavy (non-hydrogen) atoms. The van der Waals surface area contributed by atoms with Crippen molar-refractivity contribution >= 4 is 0 Å². The Morgan fingerprint density at radius 1 is 1.36 bits per heavy atom. The van der Waals surface area contributed by atoms with Gasteiger partial charge >= 0.3 is 0 Å². The molecule has 1 nitrogen and oxygen atoms in total. The molecule has 2 N–H and O–H groups in total. The van der Waals surface area contributed by atoms with Crippen molar-refractivity contribution in [3.05, 3.63) is 0 Å². The monoisotopic (exact) mass is 163 g/mol. The van der Waals surface area contributed by atoms with Gasteiger partial charge in [-0.1, -0.05) is 6.92 Å². The highest BCUT2D eigenvalue weighted by molar-refractivity contribution is 4.80. The lowest BCUT2D eigenvalue weighted by molar-refractivity contribution is 0.0220. The molecular weight excluding hydrogens is 148 g/mol. The third kappa shape index (κ3) is 2.12. The molecule has 0 aromatic rings. The van der Waals surface area contributed by atoms with Crippen molar-refractivity contribution in [3.8, 4) is 0 Å². The van der Waals surface area contributed by atoms with E-state index >= 15 is 0 Å². The highest BCUT2D eigenvalue weighted by Crippen LogP contribution is 2.33. The van der Waals surface area contributed by atoms with Gasteiger partial charge in [-0.05, 0) is 25.2 Å². The van der Waals surface area contributed by atoms with Crippen LogP contribution < -0.4 is 5.73 Å². The molecule has 0 spiro atoms. The van der Waals surface area contributed by atoms with Crippen molar-refractivity contribution in [2.75, 3.05) is 0 Å². The van der Waals surface area contributed by atoms with Crippen molar-refractivity contribution in [3.63, 3.8) is 0 Å². The van der Waals surface area contributed by atoms with Crippen LogP contribution in [0.3, 0.4) is 0 Å². The molecule has 1 fully saturated rings. The van der Waals surface area contributed by atoms with E-state index < -0.39 is 12.3 Å². The van der Waals surface area contributed by atoms with Crippen LogP contribution in [-0.2, 0) is 0 Å². The minimum Gasteiger partial charge on any atom is -0.328 e. The summed E-state index contributed by atoms with van der Waals surface area (Å²) < 4.78 is 24.6. The summed E-state index contributed by atoms with van der Waals surface area (Å²) in [5.74, 6) is -0.312. The number of halogens is 2. The van der Waals surface area contributed by atoms with Crippen LogP contribution in [0.1, 0.15) is 26.2 Å². The summed E-state index contributed by atoms with van der Waals surface area (Å²) >= 11 is 0. The quantitative estimate of drug-likeness (QED) is 0.628. The Labute approximate surface area is 66.0 Å². The maximum atomic E-state index is 12.3. The minimum atomic E-state index is -2.18. The molecule has 0 radical (unpaired) electrons. The van der Waals surface area contributed by atoms with E-state index in [1.165, 1.54) is 0 Å². The van der Waals surface area contributed by atoms with Crippen LogP contribution in [0.25, 0.3) is 0 Å². The van der Waals surface area contributed by atoms with E-state index in [2.05, 4.69) is 0 Å². The van der Waals surface area contributed by atoms with Crippen LogP contribution in [0.15, 0.2) is 0 Å². The Morgan fingerprint density at radius 2 is 2.00 bits per heavy atom. The SMILES string of the molecule is CC1CCC(N)CC1C(F)F. The first-order chi connectivity index (χ1) is 5.11. The molecule has 0 amide bonds. The summed E-state index contributed by atoms with van der Waals surface area (Å²) in [6.07, 6.45) is 0.0794. The molecule has 0 aromatic carbocycles. The van der Waals surface area contributed by atoms with Gasteiger partial charge in [0.15, 0.2) is 0 Å². The highest BCUT2D eigenvalue weighted by Gasteiger charge is 2.32. The lowest BCUT2D eigenvalue weighted by Crippen LogP contribution is -2.35. The van der Waals surface area contributed by atoms with E-state index in [4.69, 9.17) is 5.73 Å². The van der Waals surface area contributed by atoms with Crippen molar-refractivity contribution in [1.29, 1.82) is 0 Å². The Hall–Kier alpha value is -0.180. The topological polar surface area (TPSA) is 26.0 Å². The van der Waals surface area contributed by atoms with Gasteiger partial charge in [0.1, 0.15) is 0 Å². The van der Waals surface area contributed by atoms with Crippen LogP contribution in [-0.4, -0.2) is 12.5 Å². The summed E-state index contributed by atoms with van der Waals surface area (Å²) in [5.41, 5.74) is 5.59. The number of hydrogen-bond acceptors (Lipinski definition) is 1. The summed E-state index contributed by atoms with van der Waals surface area (Å²) in [6.45, 7) is 1.89. The largest absolute Gasteiger partial charge is 0.328 e. The molecule has 1 saturated carbocycles. The maximum Gasteiger partial charge on any atom is 0.241 e. The zero-order valence-corrected chi connectivity index (χ0v) is 6.76. The predicted octanol–water partition coefficient (Wildman–Crippen LogP) is 2.02. The Bertz CT molecular complexity index is 127. The van der Waals surface area contributed by atoms with Gasteiger partial charge in [0.05, 0.1) is 0 Å². The molecule has 1 rings (SSSR count). The molecule has 0 saturated heterocycles. The second-order valence-corrected chi connectivity index (χ2v) is 3.55. The van der Waals surface area contributed by atoms with Gasteiger partial charge in [-0.3, -0.25) is 0 Å². The Balaban J connectivity index is 2.47. The van der Waals surface area contributed by atoms with Crippen molar-refractivity contribution in [1.82, 2.24) is 0 Å². The molecule has 0 heterocycles. The molecule has 66 valence electrons. The van der Waals surface area contributed by atoms with Crippen molar-refractivity contribution < 1.29 is 8.78 Å². The van der Waals surface area contributed by atoms with E-state index in [0.717, 1.165) is 12.8 Å². The van der Waals surface area contributed by atoms with Gasteiger partial charge < -0.3 is 5.73 Å². The van der Waals surface area contributed by atoms with Gasteiger partial charge in [0.25, 0.3) is 0 Å². The number of nitrogens with two attached hydrogens (primary N) is 1. The number of hydrogen-bond donors (Lipinski definition) is 1. The average molecular weight is 163 g/mol. The molecule has 3 heteroatoms. The third-order valence-electron chi connectivity index (χ3n) is 2.62. The number of alkyl halides is 2. The normalized spacial score (nSPS) is 39.5. The fourth-order valence-electron chi connectivity index (χ4n) is 1.74. The average Bonchev–Trinajstić information content (AvgIpc) is 1.94. The first-order valence-corrected chi connectivity index (χ1v) is 4.15. The number of rotatable bonds is 1. The molecule has 0 aromatic heterocycles. The first kappa shape index (κ1) is 8.91. The lowest BCUT2D eigenvalue weighted by atomic mass is 9.78. The summed E-state index contributed by atoms with van der Waals surface area (Å²) in [6, 6.07) is 0.00481. The molecule has 0 aliphatic heterocycles.